The number of alkyl carbamates (subject to hydrolysis) is 1. The van der Waals surface area contributed by atoms with E-state index in [1.54, 1.807) is 27.7 Å². The Labute approximate surface area is 119 Å². The van der Waals surface area contributed by atoms with Crippen LogP contribution in [0.2, 0.25) is 0 Å². The van der Waals surface area contributed by atoms with Crippen LogP contribution in [0.1, 0.15) is 33.3 Å². The van der Waals surface area contributed by atoms with E-state index in [0.29, 0.717) is 6.42 Å². The second-order valence-corrected chi connectivity index (χ2v) is 5.95. The number of hydrogen-bond acceptors (Lipinski definition) is 4. The van der Waals surface area contributed by atoms with E-state index in [4.69, 9.17) is 9.94 Å². The Morgan fingerprint density at radius 3 is 2.40 bits per heavy atom. The molecule has 0 spiro atoms. The molecular weight excluding hydrogens is 256 g/mol. The predicted molar refractivity (Wildman–Crippen MR) is 78.2 cm³/mol. The molecule has 0 aromatic heterocycles. The van der Waals surface area contributed by atoms with Crippen LogP contribution in [0.4, 0.5) is 4.79 Å². The number of hydrogen-bond donors (Lipinski definition) is 2. The van der Waals surface area contributed by atoms with Gasteiger partial charge in [-0.05, 0) is 33.3 Å². The van der Waals surface area contributed by atoms with Crippen LogP contribution in [-0.4, -0.2) is 28.7 Å². The van der Waals surface area contributed by atoms with Gasteiger partial charge in [0, 0.05) is 6.42 Å². The lowest BCUT2D eigenvalue weighted by Gasteiger charge is -2.28. The third-order valence-corrected chi connectivity index (χ3v) is 2.54. The molecule has 0 radical (unpaired) electrons. The van der Waals surface area contributed by atoms with Gasteiger partial charge in [0.25, 0.3) is 0 Å². The molecule has 5 nitrogen and oxygen atoms in total. The summed E-state index contributed by atoms with van der Waals surface area (Å²) in [5.74, 6) is 0. The number of ether oxygens (including phenoxy) is 1. The Bertz CT molecular complexity index is 466. The fourth-order valence-electron chi connectivity index (χ4n) is 1.81. The second kappa shape index (κ2) is 6.41. The van der Waals surface area contributed by atoms with Crippen molar-refractivity contribution < 1.29 is 14.7 Å². The van der Waals surface area contributed by atoms with E-state index < -0.39 is 17.2 Å². The van der Waals surface area contributed by atoms with Crippen LogP contribution in [0.15, 0.2) is 35.5 Å². The third kappa shape index (κ3) is 5.73. The highest BCUT2D eigenvalue weighted by Crippen LogP contribution is 2.14. The van der Waals surface area contributed by atoms with E-state index in [1.807, 2.05) is 30.3 Å². The normalized spacial score (nSPS) is 14.8. The van der Waals surface area contributed by atoms with Crippen molar-refractivity contribution in [3.8, 4) is 0 Å². The number of benzene rings is 1. The summed E-state index contributed by atoms with van der Waals surface area (Å²) in [5.41, 5.74) is -0.377. The zero-order valence-corrected chi connectivity index (χ0v) is 12.4. The van der Waals surface area contributed by atoms with Gasteiger partial charge in [-0.25, -0.2) is 4.79 Å². The molecule has 0 aliphatic heterocycles. The Hall–Kier alpha value is -2.04. The lowest BCUT2D eigenvalue weighted by Crippen LogP contribution is -2.50. The fraction of sp³-hybridized carbons (Fsp3) is 0.467. The fourth-order valence-corrected chi connectivity index (χ4v) is 1.81. The van der Waals surface area contributed by atoms with Gasteiger partial charge >= 0.3 is 6.09 Å². The molecule has 0 unspecified atom stereocenters. The van der Waals surface area contributed by atoms with E-state index in [0.717, 1.165) is 5.56 Å². The average Bonchev–Trinajstić information content (AvgIpc) is 2.26. The number of amides is 1. The van der Waals surface area contributed by atoms with Gasteiger partial charge < -0.3 is 15.3 Å². The van der Waals surface area contributed by atoms with Crippen molar-refractivity contribution in [3.05, 3.63) is 35.9 Å². The molecule has 1 atom stereocenters. The molecule has 1 rings (SSSR count). The van der Waals surface area contributed by atoms with E-state index in [9.17, 15) is 4.79 Å². The van der Waals surface area contributed by atoms with Crippen LogP contribution in [0.25, 0.3) is 0 Å². The highest BCUT2D eigenvalue weighted by atomic mass is 16.6. The minimum absolute atomic E-state index is 0.497. The van der Waals surface area contributed by atoms with Gasteiger partial charge in [-0.3, -0.25) is 0 Å². The smallest absolute Gasteiger partial charge is 0.408 e. The Kier molecular flexibility index (Phi) is 5.13. The van der Waals surface area contributed by atoms with Gasteiger partial charge in [-0.15, -0.1) is 0 Å². The molecule has 0 fully saturated rings. The second-order valence-electron chi connectivity index (χ2n) is 5.95. The molecule has 20 heavy (non-hydrogen) atoms. The summed E-state index contributed by atoms with van der Waals surface area (Å²) in [7, 11) is 0. The van der Waals surface area contributed by atoms with Crippen molar-refractivity contribution in [2.24, 2.45) is 5.16 Å². The molecule has 0 heterocycles. The molecule has 5 heteroatoms. The zero-order chi connectivity index (χ0) is 15.2. The summed E-state index contributed by atoms with van der Waals surface area (Å²) < 4.78 is 5.22. The summed E-state index contributed by atoms with van der Waals surface area (Å²) in [6.45, 7) is 7.15. The topological polar surface area (TPSA) is 70.9 Å². The van der Waals surface area contributed by atoms with Gasteiger partial charge in [0.1, 0.15) is 5.60 Å². The van der Waals surface area contributed by atoms with Crippen molar-refractivity contribution >= 4 is 12.3 Å². The highest BCUT2D eigenvalue weighted by Gasteiger charge is 2.28. The molecular formula is C15H22N2O3. The third-order valence-electron chi connectivity index (χ3n) is 2.54. The number of oxime groups is 1. The minimum atomic E-state index is -0.821. The summed E-state index contributed by atoms with van der Waals surface area (Å²) in [5, 5.41) is 14.6. The summed E-state index contributed by atoms with van der Waals surface area (Å²) in [6.07, 6.45) is 1.25. The van der Waals surface area contributed by atoms with Crippen LogP contribution in [-0.2, 0) is 11.2 Å². The van der Waals surface area contributed by atoms with Crippen molar-refractivity contribution in [1.82, 2.24) is 5.32 Å². The number of rotatable bonds is 4. The lowest BCUT2D eigenvalue weighted by molar-refractivity contribution is 0.0492. The monoisotopic (exact) mass is 278 g/mol. The van der Waals surface area contributed by atoms with Crippen LogP contribution in [0, 0.1) is 0 Å². The Balaban J connectivity index is 2.79. The Morgan fingerprint density at radius 2 is 1.90 bits per heavy atom. The first kappa shape index (κ1) is 16.0. The molecule has 0 aliphatic carbocycles. The largest absolute Gasteiger partial charge is 0.444 e. The maximum atomic E-state index is 11.9. The number of nitrogens with zero attached hydrogens (tertiary/aromatic N) is 1. The van der Waals surface area contributed by atoms with Gasteiger partial charge in [0.15, 0.2) is 0 Å². The van der Waals surface area contributed by atoms with E-state index in [-0.39, 0.29) is 0 Å². The van der Waals surface area contributed by atoms with Crippen molar-refractivity contribution in [2.75, 3.05) is 0 Å². The standard InChI is InChI=1S/C15H22N2O3/c1-14(2,3)20-13(18)17-15(4,11-16-19)10-12-8-6-5-7-9-12/h5-9,11,19H,10H2,1-4H3,(H,17,18)/b16-11-/t15-/m0/s1. The van der Waals surface area contributed by atoms with E-state index in [2.05, 4.69) is 10.5 Å². The molecule has 110 valence electrons. The van der Waals surface area contributed by atoms with Crippen LogP contribution in [0.5, 0.6) is 0 Å². The Morgan fingerprint density at radius 1 is 1.30 bits per heavy atom. The quantitative estimate of drug-likeness (QED) is 0.505. The van der Waals surface area contributed by atoms with E-state index >= 15 is 0 Å². The van der Waals surface area contributed by atoms with Gasteiger partial charge in [0.2, 0.25) is 0 Å². The zero-order valence-electron chi connectivity index (χ0n) is 12.4. The van der Waals surface area contributed by atoms with Crippen LogP contribution < -0.4 is 5.32 Å². The number of carbonyl (C=O) groups excluding carboxylic acids is 1. The predicted octanol–water partition coefficient (Wildman–Crippen LogP) is 2.97. The van der Waals surface area contributed by atoms with E-state index in [1.165, 1.54) is 6.21 Å². The molecule has 1 aromatic carbocycles. The SMILES string of the molecule is CC(C)(C)OC(=O)N[C@](C)(/C=N\O)Cc1ccccc1. The molecule has 0 saturated heterocycles. The molecule has 0 aliphatic rings. The highest BCUT2D eigenvalue weighted by molar-refractivity contribution is 5.78. The van der Waals surface area contributed by atoms with Gasteiger partial charge in [0.05, 0.1) is 11.8 Å². The van der Waals surface area contributed by atoms with Crippen molar-refractivity contribution in [2.45, 2.75) is 45.3 Å². The van der Waals surface area contributed by atoms with Crippen molar-refractivity contribution in [3.63, 3.8) is 0 Å². The maximum absolute atomic E-state index is 11.9. The maximum Gasteiger partial charge on any atom is 0.408 e. The minimum Gasteiger partial charge on any atom is -0.444 e. The first-order valence-electron chi connectivity index (χ1n) is 6.48. The summed E-state index contributed by atoms with van der Waals surface area (Å²) in [4.78, 5) is 11.9. The molecule has 1 amide bonds. The van der Waals surface area contributed by atoms with Gasteiger partial charge in [-0.2, -0.15) is 0 Å². The van der Waals surface area contributed by atoms with Crippen LogP contribution >= 0.6 is 0 Å². The summed E-state index contributed by atoms with van der Waals surface area (Å²) in [6, 6.07) is 9.64. The summed E-state index contributed by atoms with van der Waals surface area (Å²) >= 11 is 0. The van der Waals surface area contributed by atoms with Crippen LogP contribution in [0.3, 0.4) is 0 Å². The number of carbonyl (C=O) groups is 1. The average molecular weight is 278 g/mol. The first-order valence-corrected chi connectivity index (χ1v) is 6.48. The first-order chi connectivity index (χ1) is 9.24. The molecule has 0 bridgehead atoms. The van der Waals surface area contributed by atoms with Crippen molar-refractivity contribution in [1.29, 1.82) is 0 Å². The molecule has 0 saturated carbocycles. The van der Waals surface area contributed by atoms with Gasteiger partial charge in [-0.1, -0.05) is 35.5 Å². The molecule has 2 N–H and O–H groups in total. The number of nitrogens with one attached hydrogen (secondary N) is 1. The lowest BCUT2D eigenvalue weighted by atomic mass is 9.94. The molecule has 1 aromatic rings.